The highest BCUT2D eigenvalue weighted by atomic mass is 14.9. The highest BCUT2D eigenvalue weighted by Crippen LogP contribution is 2.19. The monoisotopic (exact) mass is 208 g/mol. The molecule has 0 aliphatic heterocycles. The fourth-order valence-electron chi connectivity index (χ4n) is 1.49. The Bertz CT molecular complexity index is 300. The molecule has 2 unspecified atom stereocenters. The third-order valence-corrected chi connectivity index (χ3v) is 2.50. The fraction of sp³-hybridized carbons (Fsp3) is 0.545. The molecule has 1 aromatic rings. The Balaban J connectivity index is 2.67. The van der Waals surface area contributed by atoms with Gasteiger partial charge in [-0.3, -0.25) is 4.98 Å². The average molecular weight is 208 g/mol. The maximum atomic E-state index is 6.11. The minimum Gasteiger partial charge on any atom is -0.397 e. The molecule has 2 atom stereocenters. The predicted octanol–water partition coefficient (Wildman–Crippen LogP) is 1.05. The van der Waals surface area contributed by atoms with Crippen molar-refractivity contribution in [1.29, 1.82) is 0 Å². The summed E-state index contributed by atoms with van der Waals surface area (Å²) in [5, 5.41) is 3.36. The summed E-state index contributed by atoms with van der Waals surface area (Å²) in [4.78, 5) is 3.95. The second-order valence-corrected chi connectivity index (χ2v) is 3.77. The summed E-state index contributed by atoms with van der Waals surface area (Å²) < 4.78 is 0. The highest BCUT2D eigenvalue weighted by molar-refractivity contribution is 5.46. The van der Waals surface area contributed by atoms with E-state index in [4.69, 9.17) is 11.5 Å². The van der Waals surface area contributed by atoms with Gasteiger partial charge in [-0.25, -0.2) is 0 Å². The predicted molar refractivity (Wildman–Crippen MR) is 63.3 cm³/mol. The minimum atomic E-state index is -0.0838. The topological polar surface area (TPSA) is 77.0 Å². The van der Waals surface area contributed by atoms with Crippen molar-refractivity contribution in [2.24, 2.45) is 5.73 Å². The average Bonchev–Trinajstić information content (AvgIpc) is 2.25. The molecule has 1 heterocycles. The standard InChI is InChI=1S/C11H20N4/c1-3-5-15-8(2)11(13)9-4-6-14-7-10(9)12/h4,6-8,11,15H,3,5,12-13H2,1-2H3. The lowest BCUT2D eigenvalue weighted by molar-refractivity contribution is 0.469. The Morgan fingerprint density at radius 1 is 1.53 bits per heavy atom. The molecule has 0 aliphatic carbocycles. The summed E-state index contributed by atoms with van der Waals surface area (Å²) in [5.41, 5.74) is 13.5. The van der Waals surface area contributed by atoms with E-state index in [2.05, 4.69) is 24.1 Å². The first-order valence-corrected chi connectivity index (χ1v) is 5.35. The Morgan fingerprint density at radius 3 is 2.87 bits per heavy atom. The van der Waals surface area contributed by atoms with Crippen LogP contribution in [0.2, 0.25) is 0 Å². The summed E-state index contributed by atoms with van der Waals surface area (Å²) in [5.74, 6) is 0. The van der Waals surface area contributed by atoms with Crippen LogP contribution in [0.25, 0.3) is 0 Å². The molecule has 4 nitrogen and oxygen atoms in total. The van der Waals surface area contributed by atoms with Crippen LogP contribution in [0.15, 0.2) is 18.5 Å². The summed E-state index contributed by atoms with van der Waals surface area (Å²) in [6.45, 7) is 5.17. The fourth-order valence-corrected chi connectivity index (χ4v) is 1.49. The molecule has 0 aromatic carbocycles. The molecule has 15 heavy (non-hydrogen) atoms. The van der Waals surface area contributed by atoms with Gasteiger partial charge in [-0.05, 0) is 31.5 Å². The number of nitrogens with one attached hydrogen (secondary N) is 1. The summed E-state index contributed by atoms with van der Waals surface area (Å²) in [7, 11) is 0. The molecule has 0 amide bonds. The van der Waals surface area contributed by atoms with E-state index < -0.39 is 0 Å². The van der Waals surface area contributed by atoms with Crippen LogP contribution in [0.1, 0.15) is 31.9 Å². The maximum absolute atomic E-state index is 6.11. The second-order valence-electron chi connectivity index (χ2n) is 3.77. The van der Waals surface area contributed by atoms with Gasteiger partial charge in [0.05, 0.1) is 11.9 Å². The van der Waals surface area contributed by atoms with Crippen LogP contribution in [-0.2, 0) is 0 Å². The molecule has 0 spiro atoms. The number of aromatic nitrogens is 1. The molecule has 4 heteroatoms. The number of anilines is 1. The van der Waals surface area contributed by atoms with Crippen LogP contribution >= 0.6 is 0 Å². The quantitative estimate of drug-likeness (QED) is 0.676. The van der Waals surface area contributed by atoms with E-state index in [-0.39, 0.29) is 12.1 Å². The first kappa shape index (κ1) is 11.9. The van der Waals surface area contributed by atoms with Crippen molar-refractivity contribution in [3.8, 4) is 0 Å². The van der Waals surface area contributed by atoms with Gasteiger partial charge in [0.1, 0.15) is 0 Å². The van der Waals surface area contributed by atoms with Crippen LogP contribution in [-0.4, -0.2) is 17.6 Å². The Hall–Kier alpha value is -1.13. The van der Waals surface area contributed by atoms with Crippen molar-refractivity contribution < 1.29 is 0 Å². The molecule has 5 N–H and O–H groups in total. The van der Waals surface area contributed by atoms with Crippen molar-refractivity contribution in [3.63, 3.8) is 0 Å². The van der Waals surface area contributed by atoms with Gasteiger partial charge in [0.25, 0.3) is 0 Å². The second kappa shape index (κ2) is 5.68. The third-order valence-electron chi connectivity index (χ3n) is 2.50. The van der Waals surface area contributed by atoms with E-state index in [1.165, 1.54) is 0 Å². The lowest BCUT2D eigenvalue weighted by atomic mass is 10.0. The first-order valence-electron chi connectivity index (χ1n) is 5.35. The Kier molecular flexibility index (Phi) is 4.52. The summed E-state index contributed by atoms with van der Waals surface area (Å²) in [6.07, 6.45) is 4.46. The van der Waals surface area contributed by atoms with Crippen LogP contribution < -0.4 is 16.8 Å². The molecule has 1 rings (SSSR count). The zero-order valence-corrected chi connectivity index (χ0v) is 9.40. The van der Waals surface area contributed by atoms with E-state index in [1.54, 1.807) is 12.4 Å². The number of hydrogen-bond acceptors (Lipinski definition) is 4. The van der Waals surface area contributed by atoms with Crippen LogP contribution in [0.3, 0.4) is 0 Å². The number of rotatable bonds is 5. The smallest absolute Gasteiger partial charge is 0.0549 e. The number of nitrogen functional groups attached to an aromatic ring is 1. The third kappa shape index (κ3) is 3.18. The zero-order valence-electron chi connectivity index (χ0n) is 9.40. The number of hydrogen-bond donors (Lipinski definition) is 3. The molecule has 0 aliphatic rings. The van der Waals surface area contributed by atoms with Gasteiger partial charge in [0.2, 0.25) is 0 Å². The van der Waals surface area contributed by atoms with E-state index in [9.17, 15) is 0 Å². The molecule has 84 valence electrons. The van der Waals surface area contributed by atoms with Gasteiger partial charge in [0, 0.05) is 18.3 Å². The summed E-state index contributed by atoms with van der Waals surface area (Å²) >= 11 is 0. The van der Waals surface area contributed by atoms with Crippen molar-refractivity contribution in [2.45, 2.75) is 32.4 Å². The molecule has 0 fully saturated rings. The Labute approximate surface area is 91.1 Å². The molecule has 0 bridgehead atoms. The van der Waals surface area contributed by atoms with E-state index in [0.717, 1.165) is 18.5 Å². The van der Waals surface area contributed by atoms with E-state index in [1.807, 2.05) is 6.07 Å². The largest absolute Gasteiger partial charge is 0.397 e. The van der Waals surface area contributed by atoms with Gasteiger partial charge < -0.3 is 16.8 Å². The van der Waals surface area contributed by atoms with E-state index >= 15 is 0 Å². The number of nitrogens with two attached hydrogens (primary N) is 2. The summed E-state index contributed by atoms with van der Waals surface area (Å²) in [6, 6.07) is 2.01. The van der Waals surface area contributed by atoms with Gasteiger partial charge in [-0.15, -0.1) is 0 Å². The van der Waals surface area contributed by atoms with Crippen molar-refractivity contribution in [2.75, 3.05) is 12.3 Å². The van der Waals surface area contributed by atoms with Crippen LogP contribution in [0, 0.1) is 0 Å². The van der Waals surface area contributed by atoms with Crippen molar-refractivity contribution in [1.82, 2.24) is 10.3 Å². The van der Waals surface area contributed by atoms with Crippen molar-refractivity contribution >= 4 is 5.69 Å². The molecule has 0 saturated carbocycles. The lowest BCUT2D eigenvalue weighted by Gasteiger charge is -2.22. The number of pyridine rings is 1. The Morgan fingerprint density at radius 2 is 2.27 bits per heavy atom. The zero-order chi connectivity index (χ0) is 11.3. The van der Waals surface area contributed by atoms with Gasteiger partial charge in [-0.1, -0.05) is 6.92 Å². The van der Waals surface area contributed by atoms with Gasteiger partial charge in [-0.2, -0.15) is 0 Å². The first-order chi connectivity index (χ1) is 7.16. The van der Waals surface area contributed by atoms with Crippen LogP contribution in [0.4, 0.5) is 5.69 Å². The molecule has 0 saturated heterocycles. The van der Waals surface area contributed by atoms with Crippen LogP contribution in [0.5, 0.6) is 0 Å². The van der Waals surface area contributed by atoms with Crippen molar-refractivity contribution in [3.05, 3.63) is 24.0 Å². The molecule has 1 aromatic heterocycles. The molecule has 0 radical (unpaired) electrons. The highest BCUT2D eigenvalue weighted by Gasteiger charge is 2.15. The van der Waals surface area contributed by atoms with Gasteiger partial charge >= 0.3 is 0 Å². The lowest BCUT2D eigenvalue weighted by Crippen LogP contribution is -2.37. The SMILES string of the molecule is CCCNC(C)C(N)c1ccncc1N. The van der Waals surface area contributed by atoms with E-state index in [0.29, 0.717) is 5.69 Å². The molecular formula is C11H20N4. The molecular weight excluding hydrogens is 188 g/mol. The van der Waals surface area contributed by atoms with Gasteiger partial charge in [0.15, 0.2) is 0 Å². The maximum Gasteiger partial charge on any atom is 0.0549 e. The normalized spacial score (nSPS) is 14.9. The minimum absolute atomic E-state index is 0.0838. The number of nitrogens with zero attached hydrogens (tertiary/aromatic N) is 1.